The van der Waals surface area contributed by atoms with Crippen molar-refractivity contribution in [1.29, 1.82) is 0 Å². The molecule has 0 radical (unpaired) electrons. The molecule has 5 fully saturated rings. The first-order valence-electron chi connectivity index (χ1n) is 11.0. The Morgan fingerprint density at radius 2 is 1.76 bits per heavy atom. The Balaban J connectivity index is 1.41. The molecule has 6 rings (SSSR count). The molecule has 1 N–H and O–H groups in total. The zero-order chi connectivity index (χ0) is 20.4. The van der Waals surface area contributed by atoms with E-state index in [1.54, 1.807) is 12.1 Å². The third-order valence-corrected chi connectivity index (χ3v) is 7.89. The van der Waals surface area contributed by atoms with E-state index in [0.29, 0.717) is 28.0 Å². The van der Waals surface area contributed by atoms with Crippen LogP contribution in [0.15, 0.2) is 18.2 Å². The van der Waals surface area contributed by atoms with Crippen molar-refractivity contribution in [2.24, 2.45) is 16.7 Å². The fraction of sp³-hybridized carbons (Fsp3) is 0.696. The summed E-state index contributed by atoms with van der Waals surface area (Å²) in [6, 6.07) is 5.01. The topological polar surface area (TPSA) is 75.5 Å². The maximum atomic E-state index is 13.2. The fourth-order valence-electron chi connectivity index (χ4n) is 7.94. The minimum absolute atomic E-state index is 0.0454. The molecule has 0 aromatic heterocycles. The first-order chi connectivity index (χ1) is 13.7. The Morgan fingerprint density at radius 1 is 1.10 bits per heavy atom. The average Bonchev–Trinajstić information content (AvgIpc) is 3.11. The Bertz CT molecular complexity index is 858. The van der Waals surface area contributed by atoms with E-state index in [1.807, 2.05) is 0 Å². The second-order valence-electron chi connectivity index (χ2n) is 11.0. The summed E-state index contributed by atoms with van der Waals surface area (Å²) in [5.41, 5.74) is 1.57. The second-order valence-corrected chi connectivity index (χ2v) is 11.0. The van der Waals surface area contributed by atoms with E-state index in [0.717, 1.165) is 45.2 Å². The molecule has 4 saturated carbocycles. The van der Waals surface area contributed by atoms with Crippen LogP contribution in [0.5, 0.6) is 0 Å². The number of nitro groups is 1. The van der Waals surface area contributed by atoms with Gasteiger partial charge in [-0.05, 0) is 80.2 Å². The van der Waals surface area contributed by atoms with Crippen molar-refractivity contribution in [3.63, 3.8) is 0 Å². The lowest BCUT2D eigenvalue weighted by molar-refractivity contribution is -0.384. The monoisotopic (exact) mass is 397 g/mol. The van der Waals surface area contributed by atoms with Gasteiger partial charge in [0.25, 0.3) is 11.6 Å². The van der Waals surface area contributed by atoms with Crippen LogP contribution in [0.1, 0.15) is 75.6 Å². The molecule has 29 heavy (non-hydrogen) atoms. The number of nitrogens with zero attached hydrogens (tertiary/aromatic N) is 2. The molecule has 1 saturated heterocycles. The minimum atomic E-state index is -0.350. The van der Waals surface area contributed by atoms with E-state index >= 15 is 0 Å². The number of amides is 1. The summed E-state index contributed by atoms with van der Waals surface area (Å²) in [6.45, 7) is 6.45. The molecule has 2 atom stereocenters. The molecular formula is C23H31N3O3. The van der Waals surface area contributed by atoms with E-state index in [1.165, 1.54) is 25.3 Å². The van der Waals surface area contributed by atoms with Crippen LogP contribution in [-0.2, 0) is 0 Å². The van der Waals surface area contributed by atoms with E-state index < -0.39 is 0 Å². The largest absolute Gasteiger partial charge is 0.366 e. The molecule has 5 aliphatic rings. The highest BCUT2D eigenvalue weighted by atomic mass is 16.6. The summed E-state index contributed by atoms with van der Waals surface area (Å²) in [6.07, 6.45) is 9.03. The zero-order valence-electron chi connectivity index (χ0n) is 17.5. The highest BCUT2D eigenvalue weighted by Gasteiger charge is 2.60. The van der Waals surface area contributed by atoms with Crippen molar-refractivity contribution >= 4 is 17.3 Å². The SMILES string of the molecule is CC12CC3CC(C)(C1)CC(NC(=O)c1ccc(N4CCCC4)c([N+](=O)[O-])c1)(C3)C2. The predicted molar refractivity (Wildman–Crippen MR) is 112 cm³/mol. The molecular weight excluding hydrogens is 366 g/mol. The van der Waals surface area contributed by atoms with E-state index in [2.05, 4.69) is 24.1 Å². The molecule has 156 valence electrons. The van der Waals surface area contributed by atoms with Gasteiger partial charge in [0, 0.05) is 30.3 Å². The Labute approximate surface area is 172 Å². The Kier molecular flexibility index (Phi) is 4.03. The molecule has 1 aromatic rings. The summed E-state index contributed by atoms with van der Waals surface area (Å²) in [5.74, 6) is 0.531. The third-order valence-electron chi connectivity index (χ3n) is 7.89. The quantitative estimate of drug-likeness (QED) is 0.591. The maximum Gasteiger partial charge on any atom is 0.293 e. The number of hydrogen-bond acceptors (Lipinski definition) is 4. The van der Waals surface area contributed by atoms with Crippen molar-refractivity contribution in [2.75, 3.05) is 18.0 Å². The van der Waals surface area contributed by atoms with Crippen molar-refractivity contribution < 1.29 is 9.72 Å². The zero-order valence-corrected chi connectivity index (χ0v) is 17.5. The molecule has 0 spiro atoms. The van der Waals surface area contributed by atoms with Crippen LogP contribution in [0.2, 0.25) is 0 Å². The predicted octanol–water partition coefficient (Wildman–Crippen LogP) is 4.67. The molecule has 6 heteroatoms. The lowest BCUT2D eigenvalue weighted by Gasteiger charge is -2.65. The second kappa shape index (κ2) is 6.19. The van der Waals surface area contributed by atoms with Gasteiger partial charge in [0.1, 0.15) is 5.69 Å². The maximum absolute atomic E-state index is 13.2. The van der Waals surface area contributed by atoms with Crippen LogP contribution in [-0.4, -0.2) is 29.5 Å². The van der Waals surface area contributed by atoms with Crippen molar-refractivity contribution in [3.8, 4) is 0 Å². The van der Waals surface area contributed by atoms with Gasteiger partial charge in [-0.3, -0.25) is 14.9 Å². The first-order valence-corrected chi connectivity index (χ1v) is 11.0. The van der Waals surface area contributed by atoms with Gasteiger partial charge in [0.05, 0.1) is 4.92 Å². The standard InChI is InChI=1S/C23H31N3O3/c1-21-10-16-11-22(2,13-21)15-23(12-16,14-21)24-20(27)17-5-6-18(19(9-17)26(28)29)25-7-3-4-8-25/h5-6,9,16H,3-4,7-8,10-15H2,1-2H3,(H,24,27). The smallest absolute Gasteiger partial charge is 0.293 e. The average molecular weight is 398 g/mol. The van der Waals surface area contributed by atoms with Crippen molar-refractivity contribution in [3.05, 3.63) is 33.9 Å². The number of rotatable bonds is 4. The Morgan fingerprint density at radius 3 is 2.34 bits per heavy atom. The molecule has 1 aliphatic heterocycles. The van der Waals surface area contributed by atoms with Gasteiger partial charge in [-0.2, -0.15) is 0 Å². The van der Waals surface area contributed by atoms with Gasteiger partial charge in [0.2, 0.25) is 0 Å². The molecule has 4 aliphatic carbocycles. The highest BCUT2D eigenvalue weighted by Crippen LogP contribution is 2.66. The van der Waals surface area contributed by atoms with Crippen molar-refractivity contribution in [1.82, 2.24) is 5.32 Å². The summed E-state index contributed by atoms with van der Waals surface area (Å²) in [4.78, 5) is 26.6. The molecule has 1 amide bonds. The van der Waals surface area contributed by atoms with Crippen LogP contribution in [0.25, 0.3) is 0 Å². The van der Waals surface area contributed by atoms with Crippen LogP contribution in [0.4, 0.5) is 11.4 Å². The van der Waals surface area contributed by atoms with E-state index in [4.69, 9.17) is 0 Å². The highest BCUT2D eigenvalue weighted by molar-refractivity contribution is 5.96. The number of nitro benzene ring substituents is 1. The van der Waals surface area contributed by atoms with Crippen molar-refractivity contribution in [2.45, 2.75) is 70.8 Å². The molecule has 6 nitrogen and oxygen atoms in total. The van der Waals surface area contributed by atoms with Crippen LogP contribution in [0.3, 0.4) is 0 Å². The third kappa shape index (κ3) is 3.21. The molecule has 4 bridgehead atoms. The normalized spacial score (nSPS) is 37.7. The van der Waals surface area contributed by atoms with Crippen LogP contribution in [0, 0.1) is 26.9 Å². The van der Waals surface area contributed by atoms with Crippen LogP contribution < -0.4 is 10.2 Å². The molecule has 2 unspecified atom stereocenters. The van der Waals surface area contributed by atoms with Gasteiger partial charge in [-0.25, -0.2) is 0 Å². The van der Waals surface area contributed by atoms with Gasteiger partial charge in [-0.1, -0.05) is 13.8 Å². The number of nitrogens with one attached hydrogen (secondary N) is 1. The summed E-state index contributed by atoms with van der Waals surface area (Å²) in [7, 11) is 0. The number of carbonyl (C=O) groups excluding carboxylic acids is 1. The Hall–Kier alpha value is -2.11. The number of anilines is 1. The lowest BCUT2D eigenvalue weighted by atomic mass is 9.43. The summed E-state index contributed by atoms with van der Waals surface area (Å²) in [5, 5.41) is 15.1. The number of benzene rings is 1. The van der Waals surface area contributed by atoms with Gasteiger partial charge in [-0.15, -0.1) is 0 Å². The number of hydrogen-bond donors (Lipinski definition) is 1. The molecule has 1 aromatic carbocycles. The number of carbonyl (C=O) groups is 1. The summed E-state index contributed by atoms with van der Waals surface area (Å²) >= 11 is 0. The van der Waals surface area contributed by atoms with E-state index in [9.17, 15) is 14.9 Å². The molecule has 1 heterocycles. The lowest BCUT2D eigenvalue weighted by Crippen LogP contribution is -2.65. The van der Waals surface area contributed by atoms with Crippen LogP contribution >= 0.6 is 0 Å². The van der Waals surface area contributed by atoms with E-state index in [-0.39, 0.29) is 22.1 Å². The van der Waals surface area contributed by atoms with Gasteiger partial charge in [0.15, 0.2) is 0 Å². The first kappa shape index (κ1) is 18.9. The minimum Gasteiger partial charge on any atom is -0.366 e. The summed E-state index contributed by atoms with van der Waals surface area (Å²) < 4.78 is 0. The van der Waals surface area contributed by atoms with Gasteiger partial charge < -0.3 is 10.2 Å². The van der Waals surface area contributed by atoms with Gasteiger partial charge >= 0.3 is 0 Å². The fourth-order valence-corrected chi connectivity index (χ4v) is 7.94.